The van der Waals surface area contributed by atoms with E-state index in [1.54, 1.807) is 0 Å². The van der Waals surface area contributed by atoms with E-state index in [-0.39, 0.29) is 11.1 Å². The number of aryl methyl sites for hydroxylation is 1. The first-order valence-electron chi connectivity index (χ1n) is 5.15. The number of carbonyl (C=O) groups is 1. The number of pyridine rings is 1. The van der Waals surface area contributed by atoms with Crippen molar-refractivity contribution in [3.63, 3.8) is 0 Å². The molecular weight excluding hydrogens is 192 g/mol. The van der Waals surface area contributed by atoms with Crippen molar-refractivity contribution in [3.05, 3.63) is 32.7 Å². The summed E-state index contributed by atoms with van der Waals surface area (Å²) >= 11 is 0. The SMILES string of the molecule is Cc1[nH]c(=O)c(C(N)=O)c2c1CCCC2. The normalized spacial score (nSPS) is 14.7. The summed E-state index contributed by atoms with van der Waals surface area (Å²) in [6.07, 6.45) is 3.85. The van der Waals surface area contributed by atoms with Crippen LogP contribution in [0.4, 0.5) is 0 Å². The molecule has 1 aliphatic carbocycles. The molecule has 80 valence electrons. The van der Waals surface area contributed by atoms with Crippen LogP contribution in [0.2, 0.25) is 0 Å². The van der Waals surface area contributed by atoms with Crippen LogP contribution >= 0.6 is 0 Å². The van der Waals surface area contributed by atoms with Crippen LogP contribution in [0.25, 0.3) is 0 Å². The highest BCUT2D eigenvalue weighted by atomic mass is 16.2. The Morgan fingerprint density at radius 3 is 2.47 bits per heavy atom. The molecule has 15 heavy (non-hydrogen) atoms. The van der Waals surface area contributed by atoms with E-state index in [0.29, 0.717) is 0 Å². The van der Waals surface area contributed by atoms with Crippen molar-refractivity contribution >= 4 is 5.91 Å². The third kappa shape index (κ3) is 1.56. The number of nitrogens with one attached hydrogen (secondary N) is 1. The summed E-state index contributed by atoms with van der Waals surface area (Å²) in [5.74, 6) is -0.616. The first kappa shape index (κ1) is 9.96. The summed E-state index contributed by atoms with van der Waals surface area (Å²) in [4.78, 5) is 25.5. The van der Waals surface area contributed by atoms with Gasteiger partial charge in [0.1, 0.15) is 5.56 Å². The maximum absolute atomic E-state index is 11.6. The summed E-state index contributed by atoms with van der Waals surface area (Å²) in [7, 11) is 0. The van der Waals surface area contributed by atoms with Gasteiger partial charge in [0.25, 0.3) is 11.5 Å². The van der Waals surface area contributed by atoms with Crippen LogP contribution in [-0.2, 0) is 12.8 Å². The van der Waals surface area contributed by atoms with Gasteiger partial charge in [0.2, 0.25) is 0 Å². The smallest absolute Gasteiger partial charge is 0.261 e. The molecule has 1 amide bonds. The summed E-state index contributed by atoms with van der Waals surface area (Å²) in [5, 5.41) is 0. The van der Waals surface area contributed by atoms with Crippen molar-refractivity contribution in [3.8, 4) is 0 Å². The minimum absolute atomic E-state index is 0.162. The largest absolute Gasteiger partial charge is 0.365 e. The molecule has 3 N–H and O–H groups in total. The molecular formula is C11H14N2O2. The monoisotopic (exact) mass is 206 g/mol. The number of H-pyrrole nitrogens is 1. The van der Waals surface area contributed by atoms with Gasteiger partial charge in [0, 0.05) is 5.69 Å². The molecule has 0 spiro atoms. The van der Waals surface area contributed by atoms with Crippen molar-refractivity contribution in [1.82, 2.24) is 4.98 Å². The third-order valence-corrected chi connectivity index (χ3v) is 3.00. The van der Waals surface area contributed by atoms with Gasteiger partial charge < -0.3 is 10.7 Å². The Kier molecular flexibility index (Phi) is 2.34. The topological polar surface area (TPSA) is 75.9 Å². The Balaban J connectivity index is 2.74. The van der Waals surface area contributed by atoms with Gasteiger partial charge in [0.05, 0.1) is 0 Å². The highest BCUT2D eigenvalue weighted by molar-refractivity contribution is 5.94. The lowest BCUT2D eigenvalue weighted by atomic mass is 9.88. The molecule has 4 nitrogen and oxygen atoms in total. The molecule has 0 saturated carbocycles. The van der Waals surface area contributed by atoms with Crippen molar-refractivity contribution in [2.75, 3.05) is 0 Å². The number of fused-ring (bicyclic) bond motifs is 1. The molecule has 0 aliphatic heterocycles. The molecule has 2 rings (SSSR count). The van der Waals surface area contributed by atoms with Gasteiger partial charge in [-0.05, 0) is 43.7 Å². The van der Waals surface area contributed by atoms with Gasteiger partial charge in [-0.15, -0.1) is 0 Å². The van der Waals surface area contributed by atoms with Gasteiger partial charge in [-0.1, -0.05) is 0 Å². The Morgan fingerprint density at radius 1 is 1.27 bits per heavy atom. The maximum Gasteiger partial charge on any atom is 0.261 e. The first-order chi connectivity index (χ1) is 7.11. The van der Waals surface area contributed by atoms with Crippen LogP contribution in [0.15, 0.2) is 4.79 Å². The summed E-state index contributed by atoms with van der Waals surface area (Å²) in [6.45, 7) is 1.87. The summed E-state index contributed by atoms with van der Waals surface area (Å²) < 4.78 is 0. The van der Waals surface area contributed by atoms with E-state index in [2.05, 4.69) is 4.98 Å². The highest BCUT2D eigenvalue weighted by Crippen LogP contribution is 2.23. The zero-order chi connectivity index (χ0) is 11.0. The lowest BCUT2D eigenvalue weighted by Gasteiger charge is -2.19. The average molecular weight is 206 g/mol. The fourth-order valence-electron chi connectivity index (χ4n) is 2.30. The fourth-order valence-corrected chi connectivity index (χ4v) is 2.30. The summed E-state index contributed by atoms with van der Waals surface area (Å²) in [5.41, 5.74) is 7.90. The van der Waals surface area contributed by atoms with Crippen LogP contribution in [0.3, 0.4) is 0 Å². The van der Waals surface area contributed by atoms with Gasteiger partial charge >= 0.3 is 0 Å². The van der Waals surface area contributed by atoms with E-state index >= 15 is 0 Å². The Bertz CT molecular complexity index is 474. The predicted molar refractivity (Wildman–Crippen MR) is 57.0 cm³/mol. The number of amides is 1. The molecule has 0 radical (unpaired) electrons. The molecule has 0 aromatic carbocycles. The number of aromatic nitrogens is 1. The van der Waals surface area contributed by atoms with Crippen LogP contribution in [0, 0.1) is 6.92 Å². The second-order valence-corrected chi connectivity index (χ2v) is 3.98. The number of carbonyl (C=O) groups excluding carboxylic acids is 1. The van der Waals surface area contributed by atoms with E-state index < -0.39 is 5.91 Å². The van der Waals surface area contributed by atoms with Crippen LogP contribution in [-0.4, -0.2) is 10.9 Å². The zero-order valence-corrected chi connectivity index (χ0v) is 8.72. The molecule has 0 atom stereocenters. The molecule has 0 saturated heterocycles. The minimum atomic E-state index is -0.616. The Labute approximate surface area is 87.5 Å². The Morgan fingerprint density at radius 2 is 1.87 bits per heavy atom. The number of rotatable bonds is 1. The van der Waals surface area contributed by atoms with Crippen molar-refractivity contribution in [1.29, 1.82) is 0 Å². The second kappa shape index (κ2) is 3.53. The predicted octanol–water partition coefficient (Wildman–Crippen LogP) is 0.661. The van der Waals surface area contributed by atoms with Crippen LogP contribution in [0.5, 0.6) is 0 Å². The lowest BCUT2D eigenvalue weighted by molar-refractivity contribution is 0.0997. The zero-order valence-electron chi connectivity index (χ0n) is 8.72. The number of aromatic amines is 1. The van der Waals surface area contributed by atoms with Crippen LogP contribution in [0.1, 0.15) is 40.0 Å². The number of hydrogen-bond donors (Lipinski definition) is 2. The molecule has 0 bridgehead atoms. The second-order valence-electron chi connectivity index (χ2n) is 3.98. The Hall–Kier alpha value is -1.58. The quantitative estimate of drug-likeness (QED) is 0.708. The lowest BCUT2D eigenvalue weighted by Crippen LogP contribution is -2.29. The molecule has 1 aromatic heterocycles. The number of primary amides is 1. The standard InChI is InChI=1S/C11H14N2O2/c1-6-7-4-2-3-5-8(7)9(10(12)14)11(15)13-6/h2-5H2,1H3,(H2,12,14)(H,13,15). The van der Waals surface area contributed by atoms with Gasteiger partial charge in [-0.25, -0.2) is 0 Å². The third-order valence-electron chi connectivity index (χ3n) is 3.00. The molecule has 4 heteroatoms. The number of nitrogens with two attached hydrogens (primary N) is 1. The molecule has 0 fully saturated rings. The fraction of sp³-hybridized carbons (Fsp3) is 0.455. The molecule has 1 aliphatic rings. The average Bonchev–Trinajstić information content (AvgIpc) is 2.17. The van der Waals surface area contributed by atoms with Crippen molar-refractivity contribution < 1.29 is 4.79 Å². The van der Waals surface area contributed by atoms with Gasteiger partial charge in [-0.3, -0.25) is 9.59 Å². The molecule has 0 unspecified atom stereocenters. The van der Waals surface area contributed by atoms with Crippen molar-refractivity contribution in [2.24, 2.45) is 5.73 Å². The van der Waals surface area contributed by atoms with E-state index in [4.69, 9.17) is 5.73 Å². The number of hydrogen-bond acceptors (Lipinski definition) is 2. The minimum Gasteiger partial charge on any atom is -0.365 e. The van der Waals surface area contributed by atoms with E-state index in [1.807, 2.05) is 6.92 Å². The highest BCUT2D eigenvalue weighted by Gasteiger charge is 2.21. The maximum atomic E-state index is 11.6. The van der Waals surface area contributed by atoms with Gasteiger partial charge in [0.15, 0.2) is 0 Å². The van der Waals surface area contributed by atoms with Crippen molar-refractivity contribution in [2.45, 2.75) is 32.6 Å². The molecule has 1 aromatic rings. The van der Waals surface area contributed by atoms with E-state index in [0.717, 1.165) is 42.5 Å². The summed E-state index contributed by atoms with van der Waals surface area (Å²) in [6, 6.07) is 0. The van der Waals surface area contributed by atoms with Crippen LogP contribution < -0.4 is 11.3 Å². The first-order valence-corrected chi connectivity index (χ1v) is 5.15. The van der Waals surface area contributed by atoms with E-state index in [9.17, 15) is 9.59 Å². The molecule has 1 heterocycles. The van der Waals surface area contributed by atoms with Gasteiger partial charge in [-0.2, -0.15) is 0 Å². The van der Waals surface area contributed by atoms with E-state index in [1.165, 1.54) is 0 Å².